The first kappa shape index (κ1) is 26.3. The number of esters is 1. The first-order valence-electron chi connectivity index (χ1n) is 11.2. The smallest absolute Gasteiger partial charge is 0.331 e. The van der Waals surface area contributed by atoms with Crippen LogP contribution in [0.3, 0.4) is 0 Å². The van der Waals surface area contributed by atoms with Crippen molar-refractivity contribution in [2.75, 3.05) is 11.4 Å². The normalized spacial score (nSPS) is 11.8. The standard InChI is InChI=1S/C27H17F5N2O4/c28-22-23(29)25(31)27(26(32)24(22)30)38-21(37)13-33-19(35)11-12-20(36)34-14-17-7-2-1-5-15(17)9-10-16-6-3-4-8-18(16)34/h1-8H,11-14H2,(H,33,35). The lowest BCUT2D eigenvalue weighted by Gasteiger charge is -2.26. The Kier molecular flexibility index (Phi) is 7.71. The van der Waals surface area contributed by atoms with Gasteiger partial charge in [-0.3, -0.25) is 9.59 Å². The van der Waals surface area contributed by atoms with Crippen molar-refractivity contribution in [3.05, 3.63) is 94.3 Å². The molecule has 38 heavy (non-hydrogen) atoms. The van der Waals surface area contributed by atoms with Crippen LogP contribution in [0.1, 0.15) is 29.5 Å². The van der Waals surface area contributed by atoms with Crippen LogP contribution < -0.4 is 15.0 Å². The average Bonchev–Trinajstić information content (AvgIpc) is 2.92. The van der Waals surface area contributed by atoms with E-state index in [1.54, 1.807) is 24.3 Å². The van der Waals surface area contributed by atoms with Crippen molar-refractivity contribution in [1.29, 1.82) is 0 Å². The van der Waals surface area contributed by atoms with Gasteiger partial charge in [-0.2, -0.15) is 8.78 Å². The van der Waals surface area contributed by atoms with E-state index in [0.29, 0.717) is 11.3 Å². The third-order valence-corrected chi connectivity index (χ3v) is 5.55. The largest absolute Gasteiger partial charge is 0.419 e. The predicted molar refractivity (Wildman–Crippen MR) is 124 cm³/mol. The van der Waals surface area contributed by atoms with Crippen molar-refractivity contribution in [3.63, 3.8) is 0 Å². The third kappa shape index (κ3) is 5.49. The number of rotatable bonds is 6. The van der Waals surface area contributed by atoms with Gasteiger partial charge in [0.1, 0.15) is 6.54 Å². The molecule has 1 N–H and O–H groups in total. The van der Waals surface area contributed by atoms with Gasteiger partial charge in [-0.15, -0.1) is 0 Å². The quantitative estimate of drug-likeness (QED) is 0.130. The predicted octanol–water partition coefficient (Wildman–Crippen LogP) is 4.13. The summed E-state index contributed by atoms with van der Waals surface area (Å²) >= 11 is 0. The van der Waals surface area contributed by atoms with E-state index < -0.39 is 59.2 Å². The molecule has 0 spiro atoms. The molecule has 1 aliphatic heterocycles. The van der Waals surface area contributed by atoms with Gasteiger partial charge < -0.3 is 15.0 Å². The van der Waals surface area contributed by atoms with Crippen molar-refractivity contribution in [1.82, 2.24) is 5.32 Å². The number of carbonyl (C=O) groups excluding carboxylic acids is 3. The minimum Gasteiger partial charge on any atom is -0.419 e. The molecular formula is C27H17F5N2O4. The molecule has 0 saturated carbocycles. The highest BCUT2D eigenvalue weighted by Crippen LogP contribution is 2.29. The topological polar surface area (TPSA) is 75.7 Å². The first-order valence-corrected chi connectivity index (χ1v) is 11.2. The molecule has 6 nitrogen and oxygen atoms in total. The zero-order valence-corrected chi connectivity index (χ0v) is 19.4. The van der Waals surface area contributed by atoms with Gasteiger partial charge >= 0.3 is 5.97 Å². The Morgan fingerprint density at radius 2 is 1.37 bits per heavy atom. The minimum absolute atomic E-state index is 0.205. The van der Waals surface area contributed by atoms with E-state index in [1.807, 2.05) is 24.3 Å². The molecule has 3 aromatic rings. The van der Waals surface area contributed by atoms with Gasteiger partial charge in [0.25, 0.3) is 0 Å². The summed E-state index contributed by atoms with van der Waals surface area (Å²) in [5.41, 5.74) is 2.75. The number of fused-ring (bicyclic) bond motifs is 2. The molecule has 3 aromatic carbocycles. The van der Waals surface area contributed by atoms with Crippen LogP contribution in [-0.2, 0) is 20.9 Å². The van der Waals surface area contributed by atoms with Gasteiger partial charge in [0.05, 0.1) is 12.2 Å². The van der Waals surface area contributed by atoms with Crippen LogP contribution in [0.2, 0.25) is 0 Å². The lowest BCUT2D eigenvalue weighted by molar-refractivity contribution is -0.136. The van der Waals surface area contributed by atoms with E-state index >= 15 is 0 Å². The van der Waals surface area contributed by atoms with Crippen molar-refractivity contribution in [2.24, 2.45) is 0 Å². The van der Waals surface area contributed by atoms with Crippen LogP contribution >= 0.6 is 0 Å². The maximum Gasteiger partial charge on any atom is 0.331 e. The van der Waals surface area contributed by atoms with E-state index in [2.05, 4.69) is 21.9 Å². The van der Waals surface area contributed by atoms with Crippen LogP contribution in [0.4, 0.5) is 27.6 Å². The minimum atomic E-state index is -2.41. The lowest BCUT2D eigenvalue weighted by atomic mass is 10.0. The number of nitrogens with one attached hydrogen (secondary N) is 1. The number of para-hydroxylation sites is 1. The molecule has 1 heterocycles. The molecular weight excluding hydrogens is 511 g/mol. The Hall–Kier alpha value is -4.72. The molecule has 0 fully saturated rings. The summed E-state index contributed by atoms with van der Waals surface area (Å²) in [6.45, 7) is -0.738. The number of nitrogens with zero attached hydrogens (tertiary/aromatic N) is 1. The summed E-state index contributed by atoms with van der Waals surface area (Å²) in [5, 5.41) is 2.08. The number of halogens is 5. The number of amides is 2. The number of anilines is 1. The van der Waals surface area contributed by atoms with E-state index in [0.717, 1.165) is 11.1 Å². The van der Waals surface area contributed by atoms with Gasteiger partial charge in [0.15, 0.2) is 0 Å². The number of hydrogen-bond donors (Lipinski definition) is 1. The van der Waals surface area contributed by atoms with Crippen LogP contribution in [-0.4, -0.2) is 24.3 Å². The van der Waals surface area contributed by atoms with Crippen molar-refractivity contribution in [3.8, 4) is 17.6 Å². The molecule has 0 aliphatic carbocycles. The molecule has 4 rings (SSSR count). The average molecular weight is 528 g/mol. The zero-order chi connectivity index (χ0) is 27.4. The van der Waals surface area contributed by atoms with Crippen molar-refractivity contribution in [2.45, 2.75) is 19.4 Å². The summed E-state index contributed by atoms with van der Waals surface area (Å²) in [5.74, 6) is -9.95. The molecule has 0 saturated heterocycles. The summed E-state index contributed by atoms with van der Waals surface area (Å²) in [4.78, 5) is 38.7. The molecule has 0 atom stereocenters. The van der Waals surface area contributed by atoms with Crippen LogP contribution in [0, 0.1) is 40.9 Å². The Bertz CT molecular complexity index is 1480. The maximum absolute atomic E-state index is 13.7. The maximum atomic E-state index is 13.7. The van der Waals surface area contributed by atoms with Gasteiger partial charge in [-0.1, -0.05) is 42.2 Å². The Morgan fingerprint density at radius 1 is 0.789 bits per heavy atom. The van der Waals surface area contributed by atoms with Crippen LogP contribution in [0.15, 0.2) is 48.5 Å². The molecule has 0 radical (unpaired) electrons. The number of ether oxygens (including phenoxy) is 1. The summed E-state index contributed by atoms with van der Waals surface area (Å²) in [7, 11) is 0. The first-order chi connectivity index (χ1) is 18.2. The van der Waals surface area contributed by atoms with Crippen LogP contribution in [0.5, 0.6) is 5.75 Å². The van der Waals surface area contributed by atoms with Gasteiger partial charge in [-0.25, -0.2) is 18.0 Å². The van der Waals surface area contributed by atoms with Crippen LogP contribution in [0.25, 0.3) is 0 Å². The molecule has 0 aromatic heterocycles. The fourth-order valence-corrected chi connectivity index (χ4v) is 3.65. The summed E-state index contributed by atoms with van der Waals surface area (Å²) in [6.07, 6.45) is -0.622. The highest BCUT2D eigenvalue weighted by Gasteiger charge is 2.29. The van der Waals surface area contributed by atoms with Gasteiger partial charge in [0, 0.05) is 24.0 Å². The van der Waals surface area contributed by atoms with E-state index in [-0.39, 0.29) is 19.4 Å². The Morgan fingerprint density at radius 3 is 2.08 bits per heavy atom. The molecule has 1 aliphatic rings. The highest BCUT2D eigenvalue weighted by molar-refractivity contribution is 5.97. The second kappa shape index (κ2) is 11.1. The van der Waals surface area contributed by atoms with Crippen molar-refractivity contribution >= 4 is 23.5 Å². The third-order valence-electron chi connectivity index (χ3n) is 5.55. The van der Waals surface area contributed by atoms with E-state index in [1.165, 1.54) is 4.90 Å². The number of hydrogen-bond acceptors (Lipinski definition) is 4. The molecule has 194 valence electrons. The zero-order valence-electron chi connectivity index (χ0n) is 19.4. The Balaban J connectivity index is 1.38. The van der Waals surface area contributed by atoms with E-state index in [9.17, 15) is 36.3 Å². The number of benzene rings is 3. The van der Waals surface area contributed by atoms with Gasteiger partial charge in [0.2, 0.25) is 46.6 Å². The van der Waals surface area contributed by atoms with Gasteiger partial charge in [-0.05, 0) is 23.8 Å². The summed E-state index contributed by atoms with van der Waals surface area (Å²) < 4.78 is 71.2. The fraction of sp³-hybridized carbons (Fsp3) is 0.148. The second-order valence-electron chi connectivity index (χ2n) is 8.05. The van der Waals surface area contributed by atoms with Crippen molar-refractivity contribution < 1.29 is 41.1 Å². The SMILES string of the molecule is O=C(CCC(=O)N1Cc2ccccc2C#Cc2ccccc21)NCC(=O)Oc1c(F)c(F)c(F)c(F)c1F. The Labute approximate surface area is 213 Å². The molecule has 0 unspecified atom stereocenters. The monoisotopic (exact) mass is 528 g/mol. The number of carbonyl (C=O) groups is 3. The summed E-state index contributed by atoms with van der Waals surface area (Å²) in [6, 6.07) is 14.3. The second-order valence-corrected chi connectivity index (χ2v) is 8.05. The highest BCUT2D eigenvalue weighted by atomic mass is 19.2. The molecule has 2 amide bonds. The molecule has 11 heteroatoms. The fourth-order valence-electron chi connectivity index (χ4n) is 3.65. The molecule has 0 bridgehead atoms. The van der Waals surface area contributed by atoms with E-state index in [4.69, 9.17) is 0 Å². The lowest BCUT2D eigenvalue weighted by Crippen LogP contribution is -2.35.